The molecule has 1 rings (SSSR count). The highest BCUT2D eigenvalue weighted by Crippen LogP contribution is 2.09. The van der Waals surface area contributed by atoms with Gasteiger partial charge in [0.25, 0.3) is 0 Å². The summed E-state index contributed by atoms with van der Waals surface area (Å²) in [5.41, 5.74) is 0.442. The molecule has 1 aromatic rings. The molecule has 5 nitrogen and oxygen atoms in total. The van der Waals surface area contributed by atoms with Crippen molar-refractivity contribution in [1.29, 1.82) is 0 Å². The smallest absolute Gasteiger partial charge is 0.398 e. The van der Waals surface area contributed by atoms with Crippen LogP contribution in [0.1, 0.15) is 0 Å². The summed E-state index contributed by atoms with van der Waals surface area (Å²) in [6.07, 6.45) is 0. The van der Waals surface area contributed by atoms with E-state index in [4.69, 9.17) is 5.11 Å². The molecule has 13 heavy (non-hydrogen) atoms. The standard InChI is InChI=1S/C8H6N2O3/c11-7(8(12)13)10-9-6-4-2-1-3-5-6/h1-5H,(H,12,13)/b10-9+. The molecule has 0 aliphatic heterocycles. The Labute approximate surface area is 73.7 Å². The molecular formula is C8H6N2O3. The zero-order chi connectivity index (χ0) is 9.68. The highest BCUT2D eigenvalue weighted by molar-refractivity contribution is 6.31. The quantitative estimate of drug-likeness (QED) is 0.521. The Bertz CT molecular complexity index is 346. The van der Waals surface area contributed by atoms with Gasteiger partial charge in [-0.2, -0.15) is 0 Å². The molecule has 0 heterocycles. The highest BCUT2D eigenvalue weighted by Gasteiger charge is 2.08. The summed E-state index contributed by atoms with van der Waals surface area (Å²) in [5.74, 6) is -2.89. The molecular weight excluding hydrogens is 172 g/mol. The van der Waals surface area contributed by atoms with Crippen molar-refractivity contribution >= 4 is 17.6 Å². The Morgan fingerprint density at radius 2 is 1.77 bits per heavy atom. The first-order valence-corrected chi connectivity index (χ1v) is 3.44. The van der Waals surface area contributed by atoms with Gasteiger partial charge in [0.15, 0.2) is 0 Å². The van der Waals surface area contributed by atoms with E-state index in [-0.39, 0.29) is 0 Å². The third-order valence-electron chi connectivity index (χ3n) is 1.20. The van der Waals surface area contributed by atoms with Crippen molar-refractivity contribution in [3.8, 4) is 0 Å². The maximum absolute atomic E-state index is 10.5. The van der Waals surface area contributed by atoms with E-state index >= 15 is 0 Å². The predicted octanol–water partition coefficient (Wildman–Crippen LogP) is 1.38. The number of benzene rings is 1. The third kappa shape index (κ3) is 2.82. The Kier molecular flexibility index (Phi) is 2.86. The number of carbonyl (C=O) groups excluding carboxylic acids is 1. The van der Waals surface area contributed by atoms with Gasteiger partial charge in [-0.1, -0.05) is 23.3 Å². The fourth-order valence-corrected chi connectivity index (χ4v) is 0.641. The average molecular weight is 178 g/mol. The Balaban J connectivity index is 2.70. The van der Waals surface area contributed by atoms with Gasteiger partial charge in [0.2, 0.25) is 0 Å². The van der Waals surface area contributed by atoms with E-state index in [0.717, 1.165) is 0 Å². The van der Waals surface area contributed by atoms with E-state index in [1.54, 1.807) is 30.3 Å². The van der Waals surface area contributed by atoms with E-state index in [9.17, 15) is 9.59 Å². The molecule has 1 amide bonds. The van der Waals surface area contributed by atoms with Crippen LogP contribution in [0.15, 0.2) is 40.6 Å². The van der Waals surface area contributed by atoms with Crippen molar-refractivity contribution in [1.82, 2.24) is 0 Å². The Hall–Kier alpha value is -2.04. The van der Waals surface area contributed by atoms with Crippen LogP contribution < -0.4 is 0 Å². The van der Waals surface area contributed by atoms with Crippen molar-refractivity contribution < 1.29 is 14.7 Å². The van der Waals surface area contributed by atoms with Gasteiger partial charge in [-0.15, -0.1) is 5.11 Å². The summed E-state index contributed by atoms with van der Waals surface area (Å²) >= 11 is 0. The minimum Gasteiger partial charge on any atom is -0.474 e. The first-order valence-electron chi connectivity index (χ1n) is 3.44. The molecule has 0 unspecified atom stereocenters. The molecule has 5 heteroatoms. The number of nitrogens with zero attached hydrogens (tertiary/aromatic N) is 2. The topological polar surface area (TPSA) is 79.1 Å². The zero-order valence-corrected chi connectivity index (χ0v) is 6.54. The SMILES string of the molecule is O=C(O)C(=O)/N=N/c1ccccc1. The fraction of sp³-hybridized carbons (Fsp3) is 0. The molecule has 0 atom stereocenters. The van der Waals surface area contributed by atoms with Gasteiger partial charge in [-0.25, -0.2) is 4.79 Å². The van der Waals surface area contributed by atoms with Crippen molar-refractivity contribution in [2.45, 2.75) is 0 Å². The molecule has 0 aliphatic carbocycles. The second kappa shape index (κ2) is 4.10. The van der Waals surface area contributed by atoms with E-state index < -0.39 is 11.9 Å². The van der Waals surface area contributed by atoms with Gasteiger partial charge < -0.3 is 5.11 Å². The summed E-state index contributed by atoms with van der Waals surface area (Å²) < 4.78 is 0. The maximum Gasteiger partial charge on any atom is 0.398 e. The van der Waals surface area contributed by atoms with Gasteiger partial charge >= 0.3 is 11.9 Å². The Morgan fingerprint density at radius 3 is 2.31 bits per heavy atom. The number of azo groups is 1. The number of hydrogen-bond acceptors (Lipinski definition) is 3. The lowest BCUT2D eigenvalue weighted by Crippen LogP contribution is -2.07. The van der Waals surface area contributed by atoms with Gasteiger partial charge in [0.1, 0.15) is 0 Å². The monoisotopic (exact) mass is 178 g/mol. The first kappa shape index (κ1) is 9.05. The van der Waals surface area contributed by atoms with Crippen molar-refractivity contribution in [2.75, 3.05) is 0 Å². The van der Waals surface area contributed by atoms with Crippen LogP contribution in [0.5, 0.6) is 0 Å². The normalized spacial score (nSPS) is 10.2. The number of carbonyl (C=O) groups is 2. The lowest BCUT2D eigenvalue weighted by Gasteiger charge is -1.87. The second-order valence-electron chi connectivity index (χ2n) is 2.15. The molecule has 0 bridgehead atoms. The molecule has 0 spiro atoms. The van der Waals surface area contributed by atoms with Crippen LogP contribution in [0.2, 0.25) is 0 Å². The van der Waals surface area contributed by atoms with Crippen LogP contribution in [-0.4, -0.2) is 17.0 Å². The second-order valence-corrected chi connectivity index (χ2v) is 2.15. The van der Waals surface area contributed by atoms with Crippen LogP contribution in [-0.2, 0) is 9.59 Å². The predicted molar refractivity (Wildman–Crippen MR) is 43.6 cm³/mol. The number of aliphatic carboxylic acids is 1. The lowest BCUT2D eigenvalue weighted by atomic mass is 10.3. The molecule has 1 N–H and O–H groups in total. The maximum atomic E-state index is 10.5. The minimum absolute atomic E-state index is 0.442. The summed E-state index contributed by atoms with van der Waals surface area (Å²) in [4.78, 5) is 20.5. The molecule has 0 aromatic heterocycles. The van der Waals surface area contributed by atoms with E-state index in [1.165, 1.54) is 0 Å². The number of amides is 1. The van der Waals surface area contributed by atoms with Crippen LogP contribution in [0, 0.1) is 0 Å². The molecule has 0 saturated carbocycles. The van der Waals surface area contributed by atoms with E-state index in [1.807, 2.05) is 0 Å². The summed E-state index contributed by atoms with van der Waals surface area (Å²) in [7, 11) is 0. The van der Waals surface area contributed by atoms with E-state index in [0.29, 0.717) is 5.69 Å². The van der Waals surface area contributed by atoms with Crippen LogP contribution in [0.4, 0.5) is 5.69 Å². The van der Waals surface area contributed by atoms with Gasteiger partial charge in [0.05, 0.1) is 5.69 Å². The Morgan fingerprint density at radius 1 is 1.15 bits per heavy atom. The van der Waals surface area contributed by atoms with Crippen LogP contribution in [0.3, 0.4) is 0 Å². The van der Waals surface area contributed by atoms with Gasteiger partial charge in [-0.05, 0) is 12.1 Å². The van der Waals surface area contributed by atoms with E-state index in [2.05, 4.69) is 10.2 Å². The number of carboxylic acids is 1. The van der Waals surface area contributed by atoms with Crippen LogP contribution in [0.25, 0.3) is 0 Å². The van der Waals surface area contributed by atoms with Crippen molar-refractivity contribution in [3.63, 3.8) is 0 Å². The number of rotatable bonds is 1. The average Bonchev–Trinajstić information content (AvgIpc) is 2.15. The number of hydrogen-bond donors (Lipinski definition) is 1. The lowest BCUT2D eigenvalue weighted by molar-refractivity contribution is -0.148. The molecule has 0 radical (unpaired) electrons. The highest BCUT2D eigenvalue weighted by atomic mass is 16.4. The molecule has 66 valence electrons. The zero-order valence-electron chi connectivity index (χ0n) is 6.54. The molecule has 0 fully saturated rings. The summed E-state index contributed by atoms with van der Waals surface area (Å²) in [5, 5.41) is 14.6. The van der Waals surface area contributed by atoms with Crippen LogP contribution >= 0.6 is 0 Å². The fourth-order valence-electron chi connectivity index (χ4n) is 0.641. The van der Waals surface area contributed by atoms with Gasteiger partial charge in [0, 0.05) is 0 Å². The molecule has 0 saturated heterocycles. The van der Waals surface area contributed by atoms with Gasteiger partial charge in [-0.3, -0.25) is 4.79 Å². The first-order chi connectivity index (χ1) is 6.20. The largest absolute Gasteiger partial charge is 0.474 e. The summed E-state index contributed by atoms with van der Waals surface area (Å²) in [6, 6.07) is 8.41. The number of carboxylic acid groups (broad SMARTS) is 1. The molecule has 1 aromatic carbocycles. The molecule has 0 aliphatic rings. The summed E-state index contributed by atoms with van der Waals surface area (Å²) in [6.45, 7) is 0. The van der Waals surface area contributed by atoms with Crippen molar-refractivity contribution in [2.24, 2.45) is 10.2 Å². The van der Waals surface area contributed by atoms with Crippen molar-refractivity contribution in [3.05, 3.63) is 30.3 Å². The third-order valence-corrected chi connectivity index (χ3v) is 1.20. The minimum atomic E-state index is -1.61.